The molecule has 0 bridgehead atoms. The summed E-state index contributed by atoms with van der Waals surface area (Å²) in [6.07, 6.45) is 5.06. The summed E-state index contributed by atoms with van der Waals surface area (Å²) < 4.78 is 0. The van der Waals surface area contributed by atoms with Crippen LogP contribution in [-0.2, 0) is 0 Å². The van der Waals surface area contributed by atoms with E-state index in [1.54, 1.807) is 18.7 Å². The fraction of sp³-hybridized carbons (Fsp3) is 0. The second-order valence-electron chi connectivity index (χ2n) is 4.90. The van der Waals surface area contributed by atoms with Gasteiger partial charge in [-0.05, 0) is 30.3 Å². The zero-order valence-electron chi connectivity index (χ0n) is 11.9. The average molecular weight is 323 g/mol. The van der Waals surface area contributed by atoms with Crippen molar-refractivity contribution < 1.29 is 0 Å². The highest BCUT2D eigenvalue weighted by molar-refractivity contribution is 6.30. The Kier molecular flexibility index (Phi) is 3.36. The first-order chi connectivity index (χ1) is 11.3. The van der Waals surface area contributed by atoms with E-state index in [9.17, 15) is 0 Å². The molecule has 4 rings (SSSR count). The minimum Gasteiger partial charge on any atom is -0.343 e. The van der Waals surface area contributed by atoms with Gasteiger partial charge in [0.2, 0.25) is 5.95 Å². The Morgan fingerprint density at radius 2 is 2.00 bits per heavy atom. The monoisotopic (exact) mass is 322 g/mol. The van der Waals surface area contributed by atoms with E-state index in [0.29, 0.717) is 16.6 Å². The van der Waals surface area contributed by atoms with Crippen LogP contribution in [0, 0.1) is 0 Å². The first-order valence-electron chi connectivity index (χ1n) is 6.93. The van der Waals surface area contributed by atoms with E-state index in [0.717, 1.165) is 22.5 Å². The number of imidazole rings is 1. The van der Waals surface area contributed by atoms with Crippen LogP contribution >= 0.6 is 11.6 Å². The summed E-state index contributed by atoms with van der Waals surface area (Å²) in [4.78, 5) is 20.2. The van der Waals surface area contributed by atoms with Gasteiger partial charge in [-0.25, -0.2) is 19.9 Å². The summed E-state index contributed by atoms with van der Waals surface area (Å²) in [7, 11) is 0. The maximum atomic E-state index is 5.98. The highest BCUT2D eigenvalue weighted by Crippen LogP contribution is 2.22. The van der Waals surface area contributed by atoms with Gasteiger partial charge in [0.15, 0.2) is 5.65 Å². The molecule has 0 saturated heterocycles. The number of rotatable bonds is 3. The van der Waals surface area contributed by atoms with Crippen molar-refractivity contribution in [2.24, 2.45) is 0 Å². The van der Waals surface area contributed by atoms with Crippen molar-refractivity contribution in [3.63, 3.8) is 0 Å². The van der Waals surface area contributed by atoms with Crippen LogP contribution in [0.1, 0.15) is 0 Å². The van der Waals surface area contributed by atoms with Crippen molar-refractivity contribution in [1.82, 2.24) is 24.9 Å². The molecule has 112 valence electrons. The molecule has 1 aromatic carbocycles. The van der Waals surface area contributed by atoms with E-state index < -0.39 is 0 Å². The number of nitrogens with zero attached hydrogens (tertiary/aromatic N) is 4. The van der Waals surface area contributed by atoms with E-state index in [1.807, 2.05) is 36.4 Å². The van der Waals surface area contributed by atoms with Crippen LogP contribution in [0.4, 0.5) is 11.6 Å². The van der Waals surface area contributed by atoms with Crippen molar-refractivity contribution >= 4 is 34.4 Å². The number of fused-ring (bicyclic) bond motifs is 1. The van der Waals surface area contributed by atoms with Gasteiger partial charge < -0.3 is 10.3 Å². The van der Waals surface area contributed by atoms with E-state index in [-0.39, 0.29) is 0 Å². The molecule has 0 unspecified atom stereocenters. The van der Waals surface area contributed by atoms with Crippen LogP contribution in [-0.4, -0.2) is 24.9 Å². The first kappa shape index (κ1) is 13.7. The Labute approximate surface area is 136 Å². The molecule has 3 heterocycles. The van der Waals surface area contributed by atoms with Gasteiger partial charge in [0.1, 0.15) is 0 Å². The maximum Gasteiger partial charge on any atom is 0.227 e. The van der Waals surface area contributed by atoms with E-state index >= 15 is 0 Å². The van der Waals surface area contributed by atoms with Crippen LogP contribution in [0.5, 0.6) is 0 Å². The number of anilines is 2. The van der Waals surface area contributed by atoms with Crippen molar-refractivity contribution in [2.75, 3.05) is 5.32 Å². The molecular formula is C16H11ClN6. The highest BCUT2D eigenvalue weighted by atomic mass is 35.5. The van der Waals surface area contributed by atoms with Gasteiger partial charge in [0.05, 0.1) is 17.5 Å². The Balaban J connectivity index is 1.67. The van der Waals surface area contributed by atoms with Crippen molar-refractivity contribution in [3.05, 3.63) is 60.1 Å². The molecule has 0 fully saturated rings. The Hall–Kier alpha value is -2.99. The standard InChI is InChI=1S/C16H11ClN6/c17-11-2-1-3-12(7-11)22-16-18-5-4-13(23-16)10-6-14-15(19-8-10)21-9-20-14/h1-9H,(H,18,22,23)(H,19,20,21). The van der Waals surface area contributed by atoms with Gasteiger partial charge >= 0.3 is 0 Å². The maximum absolute atomic E-state index is 5.98. The molecular weight excluding hydrogens is 312 g/mol. The second-order valence-corrected chi connectivity index (χ2v) is 5.33. The molecule has 0 spiro atoms. The predicted octanol–water partition coefficient (Wildman–Crippen LogP) is 3.81. The SMILES string of the molecule is Clc1cccc(Nc2nccc(-c3cnc4nc[nH]c4c3)n2)c1. The number of H-pyrrole nitrogens is 1. The quantitative estimate of drug-likeness (QED) is 0.599. The molecule has 0 aliphatic rings. The number of benzene rings is 1. The number of pyridine rings is 1. The van der Waals surface area contributed by atoms with E-state index in [4.69, 9.17) is 11.6 Å². The highest BCUT2D eigenvalue weighted by Gasteiger charge is 2.06. The van der Waals surface area contributed by atoms with Crippen LogP contribution < -0.4 is 5.32 Å². The Bertz CT molecular complexity index is 981. The van der Waals surface area contributed by atoms with Crippen LogP contribution in [0.3, 0.4) is 0 Å². The molecule has 6 nitrogen and oxygen atoms in total. The zero-order valence-corrected chi connectivity index (χ0v) is 12.6. The van der Waals surface area contributed by atoms with E-state index in [2.05, 4.69) is 30.2 Å². The van der Waals surface area contributed by atoms with Crippen LogP contribution in [0.15, 0.2) is 55.1 Å². The van der Waals surface area contributed by atoms with Crippen molar-refractivity contribution in [3.8, 4) is 11.3 Å². The van der Waals surface area contributed by atoms with Gasteiger partial charge in [-0.2, -0.15) is 0 Å². The Morgan fingerprint density at radius 1 is 1.04 bits per heavy atom. The molecule has 0 saturated carbocycles. The number of nitrogens with one attached hydrogen (secondary N) is 2. The van der Waals surface area contributed by atoms with Gasteiger partial charge in [0.25, 0.3) is 0 Å². The molecule has 7 heteroatoms. The third-order valence-corrected chi connectivity index (χ3v) is 3.54. The van der Waals surface area contributed by atoms with Gasteiger partial charge in [0, 0.05) is 28.7 Å². The summed E-state index contributed by atoms with van der Waals surface area (Å²) >= 11 is 5.98. The fourth-order valence-electron chi connectivity index (χ4n) is 2.24. The number of halogens is 1. The Morgan fingerprint density at radius 3 is 2.91 bits per heavy atom. The third-order valence-electron chi connectivity index (χ3n) is 3.31. The van der Waals surface area contributed by atoms with Crippen LogP contribution in [0.25, 0.3) is 22.4 Å². The normalized spacial score (nSPS) is 10.8. The lowest BCUT2D eigenvalue weighted by atomic mass is 10.2. The van der Waals surface area contributed by atoms with Gasteiger partial charge in [-0.1, -0.05) is 17.7 Å². The second kappa shape index (κ2) is 5.66. The minimum atomic E-state index is 0.495. The first-order valence-corrected chi connectivity index (χ1v) is 7.31. The lowest BCUT2D eigenvalue weighted by molar-refractivity contribution is 1.17. The summed E-state index contributed by atoms with van der Waals surface area (Å²) in [5.74, 6) is 0.495. The molecule has 0 amide bonds. The third kappa shape index (κ3) is 2.84. The van der Waals surface area contributed by atoms with Gasteiger partial charge in [-0.15, -0.1) is 0 Å². The summed E-state index contributed by atoms with van der Waals surface area (Å²) in [5.41, 5.74) is 4.04. The summed E-state index contributed by atoms with van der Waals surface area (Å²) in [6, 6.07) is 11.2. The van der Waals surface area contributed by atoms with E-state index in [1.165, 1.54) is 0 Å². The molecule has 0 aliphatic carbocycles. The number of aromatic amines is 1. The smallest absolute Gasteiger partial charge is 0.227 e. The predicted molar refractivity (Wildman–Crippen MR) is 89.6 cm³/mol. The largest absolute Gasteiger partial charge is 0.343 e. The van der Waals surface area contributed by atoms with Gasteiger partial charge in [-0.3, -0.25) is 0 Å². The number of hydrogen-bond donors (Lipinski definition) is 2. The molecule has 0 atom stereocenters. The molecule has 3 aromatic heterocycles. The fourth-order valence-corrected chi connectivity index (χ4v) is 2.43. The average Bonchev–Trinajstić information content (AvgIpc) is 3.03. The summed E-state index contributed by atoms with van der Waals surface area (Å²) in [6.45, 7) is 0. The topological polar surface area (TPSA) is 79.4 Å². The molecule has 4 aromatic rings. The minimum absolute atomic E-state index is 0.495. The summed E-state index contributed by atoms with van der Waals surface area (Å²) in [5, 5.41) is 3.79. The van der Waals surface area contributed by atoms with Crippen LogP contribution in [0.2, 0.25) is 5.02 Å². The molecule has 2 N–H and O–H groups in total. The van der Waals surface area contributed by atoms with Crippen molar-refractivity contribution in [2.45, 2.75) is 0 Å². The molecule has 0 radical (unpaired) electrons. The number of hydrogen-bond acceptors (Lipinski definition) is 5. The lowest BCUT2D eigenvalue weighted by Gasteiger charge is -2.07. The van der Waals surface area contributed by atoms with Crippen molar-refractivity contribution in [1.29, 1.82) is 0 Å². The zero-order chi connectivity index (χ0) is 15.6. The molecule has 0 aliphatic heterocycles. The lowest BCUT2D eigenvalue weighted by Crippen LogP contribution is -1.98. The molecule has 23 heavy (non-hydrogen) atoms. The number of aromatic nitrogens is 5.